The molecule has 6 heteroatoms. The zero-order chi connectivity index (χ0) is 19.9. The van der Waals surface area contributed by atoms with E-state index in [-0.39, 0.29) is 26.4 Å². The van der Waals surface area contributed by atoms with Crippen LogP contribution in [0.2, 0.25) is 0 Å². The number of rotatable bonds is 11. The van der Waals surface area contributed by atoms with Crippen molar-refractivity contribution < 1.29 is 29.3 Å². The molecule has 0 atom stereocenters. The number of esters is 2. The van der Waals surface area contributed by atoms with E-state index in [4.69, 9.17) is 19.7 Å². The van der Waals surface area contributed by atoms with Gasteiger partial charge in [0.15, 0.2) is 0 Å². The molecule has 0 saturated carbocycles. The fourth-order valence-corrected chi connectivity index (χ4v) is 1.39. The highest BCUT2D eigenvalue weighted by molar-refractivity contribution is 5.87. The Morgan fingerprint density at radius 3 is 1.36 bits per heavy atom. The van der Waals surface area contributed by atoms with Gasteiger partial charge in [0.2, 0.25) is 0 Å². The Labute approximate surface area is 151 Å². The molecule has 0 saturated heterocycles. The molecule has 0 aromatic carbocycles. The van der Waals surface area contributed by atoms with Crippen molar-refractivity contribution in [1.82, 2.24) is 0 Å². The maximum atomic E-state index is 11.2. The van der Waals surface area contributed by atoms with E-state index in [0.29, 0.717) is 11.1 Å². The Morgan fingerprint density at radius 2 is 1.12 bits per heavy atom. The molecule has 0 aliphatic rings. The first kappa shape index (κ1) is 25.6. The standard InChI is InChI=1S/C13H20O4.C6H14O2/c1-9(2)11(14)16-7-13(5,6)8-17-12(15)10(3)4;7-5-3-1-2-4-6-8/h1,3,7-8H2,2,4-6H3;7-8H,1-6H2. The summed E-state index contributed by atoms with van der Waals surface area (Å²) in [7, 11) is 0. The average Bonchev–Trinajstić information content (AvgIpc) is 2.55. The van der Waals surface area contributed by atoms with Gasteiger partial charge in [0.25, 0.3) is 0 Å². The van der Waals surface area contributed by atoms with Gasteiger partial charge in [0, 0.05) is 29.8 Å². The lowest BCUT2D eigenvalue weighted by atomic mass is 9.96. The second-order valence-corrected chi connectivity index (χ2v) is 6.74. The highest BCUT2D eigenvalue weighted by atomic mass is 16.5. The first-order valence-corrected chi connectivity index (χ1v) is 8.44. The van der Waals surface area contributed by atoms with Crippen LogP contribution in [0.15, 0.2) is 24.3 Å². The SMILES string of the molecule is C=C(C)C(=O)OCC(C)(C)COC(=O)C(=C)C.OCCCCCCO. The zero-order valence-electron chi connectivity index (χ0n) is 16.1. The largest absolute Gasteiger partial charge is 0.462 e. The summed E-state index contributed by atoms with van der Waals surface area (Å²) in [4.78, 5) is 22.4. The van der Waals surface area contributed by atoms with Crippen LogP contribution in [-0.2, 0) is 19.1 Å². The highest BCUT2D eigenvalue weighted by Crippen LogP contribution is 2.17. The Kier molecular flexibility index (Phi) is 15.0. The van der Waals surface area contributed by atoms with Gasteiger partial charge in [-0.3, -0.25) is 0 Å². The van der Waals surface area contributed by atoms with Crippen LogP contribution in [0.3, 0.4) is 0 Å². The van der Waals surface area contributed by atoms with Crippen molar-refractivity contribution in [1.29, 1.82) is 0 Å². The summed E-state index contributed by atoms with van der Waals surface area (Å²) >= 11 is 0. The summed E-state index contributed by atoms with van der Waals surface area (Å²) in [5, 5.41) is 16.6. The molecule has 0 radical (unpaired) electrons. The van der Waals surface area contributed by atoms with Crippen LogP contribution < -0.4 is 0 Å². The number of ether oxygens (including phenoxy) is 2. The zero-order valence-corrected chi connectivity index (χ0v) is 16.1. The predicted molar refractivity (Wildman–Crippen MR) is 98.0 cm³/mol. The molecule has 0 fully saturated rings. The maximum absolute atomic E-state index is 11.2. The molecule has 0 spiro atoms. The van der Waals surface area contributed by atoms with Gasteiger partial charge in [-0.1, -0.05) is 39.8 Å². The second kappa shape index (κ2) is 14.7. The van der Waals surface area contributed by atoms with E-state index < -0.39 is 17.4 Å². The third-order valence-corrected chi connectivity index (χ3v) is 2.95. The molecule has 6 nitrogen and oxygen atoms in total. The fourth-order valence-electron chi connectivity index (χ4n) is 1.39. The number of carbonyl (C=O) groups excluding carboxylic acids is 2. The molecular weight excluding hydrogens is 324 g/mol. The molecule has 0 aromatic heterocycles. The van der Waals surface area contributed by atoms with E-state index in [1.165, 1.54) is 0 Å². The molecule has 0 heterocycles. The van der Waals surface area contributed by atoms with Gasteiger partial charge in [0.1, 0.15) is 0 Å². The van der Waals surface area contributed by atoms with Crippen LogP contribution in [0.5, 0.6) is 0 Å². The molecule has 0 aliphatic carbocycles. The minimum absolute atomic E-state index is 0.169. The minimum Gasteiger partial charge on any atom is -0.462 e. The van der Waals surface area contributed by atoms with Crippen LogP contribution in [0.25, 0.3) is 0 Å². The van der Waals surface area contributed by atoms with Crippen molar-refractivity contribution in [3.8, 4) is 0 Å². The predicted octanol–water partition coefficient (Wildman–Crippen LogP) is 2.78. The van der Waals surface area contributed by atoms with Crippen molar-refractivity contribution in [2.24, 2.45) is 5.41 Å². The van der Waals surface area contributed by atoms with Gasteiger partial charge in [-0.15, -0.1) is 0 Å². The molecule has 0 unspecified atom stereocenters. The van der Waals surface area contributed by atoms with Crippen LogP contribution in [0.4, 0.5) is 0 Å². The van der Waals surface area contributed by atoms with Gasteiger partial charge in [0.05, 0.1) is 13.2 Å². The van der Waals surface area contributed by atoms with E-state index >= 15 is 0 Å². The van der Waals surface area contributed by atoms with Gasteiger partial charge >= 0.3 is 11.9 Å². The topological polar surface area (TPSA) is 93.1 Å². The molecule has 2 N–H and O–H groups in total. The summed E-state index contributed by atoms with van der Waals surface area (Å²) in [6.45, 7) is 14.7. The Morgan fingerprint density at radius 1 is 0.800 bits per heavy atom. The molecule has 146 valence electrons. The fraction of sp³-hybridized carbons (Fsp3) is 0.684. The van der Waals surface area contributed by atoms with E-state index in [1.54, 1.807) is 13.8 Å². The lowest BCUT2D eigenvalue weighted by Gasteiger charge is -2.23. The second-order valence-electron chi connectivity index (χ2n) is 6.74. The summed E-state index contributed by atoms with van der Waals surface area (Å²) in [5.41, 5.74) is 0.260. The smallest absolute Gasteiger partial charge is 0.333 e. The number of aliphatic hydroxyl groups excluding tert-OH is 2. The third kappa shape index (κ3) is 17.0. The highest BCUT2D eigenvalue weighted by Gasteiger charge is 2.23. The molecule has 0 aromatic rings. The van der Waals surface area contributed by atoms with E-state index in [1.807, 2.05) is 13.8 Å². The van der Waals surface area contributed by atoms with Crippen molar-refractivity contribution >= 4 is 11.9 Å². The van der Waals surface area contributed by atoms with Gasteiger partial charge in [-0.25, -0.2) is 9.59 Å². The van der Waals surface area contributed by atoms with Gasteiger partial charge < -0.3 is 19.7 Å². The third-order valence-electron chi connectivity index (χ3n) is 2.95. The summed E-state index contributed by atoms with van der Waals surface area (Å²) in [5.74, 6) is -0.881. The summed E-state index contributed by atoms with van der Waals surface area (Å²) < 4.78 is 10.0. The Balaban J connectivity index is 0. The Bertz CT molecular complexity index is 388. The number of carbonyl (C=O) groups is 2. The summed E-state index contributed by atoms with van der Waals surface area (Å²) in [6.07, 6.45) is 3.83. The number of hydrogen-bond donors (Lipinski definition) is 2. The van der Waals surface area contributed by atoms with Gasteiger partial charge in [-0.05, 0) is 26.7 Å². The van der Waals surface area contributed by atoms with Crippen LogP contribution in [-0.4, -0.2) is 48.6 Å². The van der Waals surface area contributed by atoms with Crippen molar-refractivity contribution in [3.63, 3.8) is 0 Å². The Hall–Kier alpha value is -1.66. The molecular formula is C19H34O6. The van der Waals surface area contributed by atoms with Crippen molar-refractivity contribution in [3.05, 3.63) is 24.3 Å². The number of aliphatic hydroxyl groups is 2. The quantitative estimate of drug-likeness (QED) is 0.335. The molecule has 0 bridgehead atoms. The first-order valence-electron chi connectivity index (χ1n) is 8.44. The lowest BCUT2D eigenvalue weighted by molar-refractivity contribution is -0.147. The number of hydrogen-bond acceptors (Lipinski definition) is 6. The minimum atomic E-state index is -0.440. The van der Waals surface area contributed by atoms with E-state index in [9.17, 15) is 9.59 Å². The normalized spacial score (nSPS) is 10.3. The monoisotopic (exact) mass is 358 g/mol. The van der Waals surface area contributed by atoms with Crippen LogP contribution >= 0.6 is 0 Å². The lowest BCUT2D eigenvalue weighted by Crippen LogP contribution is -2.28. The van der Waals surface area contributed by atoms with Crippen LogP contribution in [0.1, 0.15) is 53.4 Å². The van der Waals surface area contributed by atoms with Crippen molar-refractivity contribution in [2.75, 3.05) is 26.4 Å². The average molecular weight is 358 g/mol. The van der Waals surface area contributed by atoms with E-state index in [2.05, 4.69) is 13.2 Å². The molecule has 25 heavy (non-hydrogen) atoms. The van der Waals surface area contributed by atoms with E-state index in [0.717, 1.165) is 25.7 Å². The summed E-state index contributed by atoms with van der Waals surface area (Å²) in [6, 6.07) is 0. The van der Waals surface area contributed by atoms with Gasteiger partial charge in [-0.2, -0.15) is 0 Å². The maximum Gasteiger partial charge on any atom is 0.333 e. The molecule has 0 rings (SSSR count). The molecule has 0 aliphatic heterocycles. The first-order chi connectivity index (χ1) is 11.6. The number of unbranched alkanes of at least 4 members (excludes halogenated alkanes) is 3. The molecule has 0 amide bonds. The van der Waals surface area contributed by atoms with Crippen molar-refractivity contribution in [2.45, 2.75) is 53.4 Å². The van der Waals surface area contributed by atoms with Crippen LogP contribution in [0, 0.1) is 5.41 Å².